The number of fused-ring (bicyclic) bond motifs is 1. The molecule has 0 aliphatic rings. The number of rotatable bonds is 5. The van der Waals surface area contributed by atoms with Gasteiger partial charge in [-0.2, -0.15) is 0 Å². The van der Waals surface area contributed by atoms with Crippen molar-refractivity contribution in [1.29, 1.82) is 0 Å². The van der Waals surface area contributed by atoms with Crippen LogP contribution < -0.4 is 5.32 Å². The monoisotopic (exact) mass is 446 g/mol. The largest absolute Gasteiger partial charge is 0.341 e. The highest BCUT2D eigenvalue weighted by atomic mass is 19.1. The summed E-state index contributed by atoms with van der Waals surface area (Å²) in [5.41, 5.74) is 5.66. The van der Waals surface area contributed by atoms with Gasteiger partial charge in [-0.1, -0.05) is 72.3 Å². The van der Waals surface area contributed by atoms with Crippen molar-refractivity contribution >= 4 is 16.8 Å². The van der Waals surface area contributed by atoms with Crippen LogP contribution in [0.1, 0.15) is 33.1 Å². The summed E-state index contributed by atoms with van der Waals surface area (Å²) in [7, 11) is 0. The fraction of sp³-hybridized carbons (Fsp3) is 0.0667. The molecule has 0 atom stereocenters. The van der Waals surface area contributed by atoms with E-state index in [1.165, 1.54) is 12.1 Å². The number of carbonyl (C=O) groups is 1. The van der Waals surface area contributed by atoms with Gasteiger partial charge in [-0.3, -0.25) is 4.79 Å². The van der Waals surface area contributed by atoms with Gasteiger partial charge in [0.1, 0.15) is 5.82 Å². The van der Waals surface area contributed by atoms with Crippen molar-refractivity contribution in [3.63, 3.8) is 0 Å². The molecular formula is C30H23FN2O. The zero-order valence-electron chi connectivity index (χ0n) is 18.7. The number of hydrogen-bond acceptors (Lipinski definition) is 2. The smallest absolute Gasteiger partial charge is 0.252 e. The number of amides is 1. The molecule has 0 unspecified atom stereocenters. The molecular weight excluding hydrogens is 423 g/mol. The Balaban J connectivity index is 1.61. The Morgan fingerprint density at radius 1 is 0.794 bits per heavy atom. The number of pyridine rings is 1. The number of aryl methyl sites for hydroxylation is 1. The van der Waals surface area contributed by atoms with Gasteiger partial charge in [0.2, 0.25) is 0 Å². The second-order valence-electron chi connectivity index (χ2n) is 8.31. The molecule has 5 aromatic rings. The van der Waals surface area contributed by atoms with Crippen LogP contribution in [0, 0.1) is 12.7 Å². The van der Waals surface area contributed by atoms with Crippen molar-refractivity contribution in [1.82, 2.24) is 10.3 Å². The summed E-state index contributed by atoms with van der Waals surface area (Å²) >= 11 is 0. The molecule has 0 saturated heterocycles. The van der Waals surface area contributed by atoms with Crippen molar-refractivity contribution in [2.45, 2.75) is 13.0 Å². The lowest BCUT2D eigenvalue weighted by Crippen LogP contribution is -2.29. The Hall–Kier alpha value is -4.31. The van der Waals surface area contributed by atoms with Crippen LogP contribution in [-0.2, 0) is 0 Å². The number of nitrogens with zero attached hydrogens (tertiary/aromatic N) is 1. The Labute approximate surface area is 197 Å². The maximum Gasteiger partial charge on any atom is 0.252 e. The third-order valence-electron chi connectivity index (χ3n) is 5.89. The zero-order valence-corrected chi connectivity index (χ0v) is 18.7. The average Bonchev–Trinajstić information content (AvgIpc) is 2.88. The predicted octanol–water partition coefficient (Wildman–Crippen LogP) is 6.87. The van der Waals surface area contributed by atoms with Gasteiger partial charge in [0.15, 0.2) is 0 Å². The van der Waals surface area contributed by atoms with Crippen LogP contribution in [-0.4, -0.2) is 10.9 Å². The van der Waals surface area contributed by atoms with Crippen molar-refractivity contribution in [2.75, 3.05) is 0 Å². The molecule has 0 aliphatic carbocycles. The maximum atomic E-state index is 13.8. The highest BCUT2D eigenvalue weighted by Gasteiger charge is 2.20. The number of halogens is 1. The van der Waals surface area contributed by atoms with Crippen LogP contribution in [0.2, 0.25) is 0 Å². The van der Waals surface area contributed by atoms with E-state index in [1.807, 2.05) is 85.8 Å². The molecule has 4 aromatic carbocycles. The molecule has 1 amide bonds. The van der Waals surface area contributed by atoms with Gasteiger partial charge >= 0.3 is 0 Å². The van der Waals surface area contributed by atoms with Gasteiger partial charge in [-0.25, -0.2) is 9.37 Å². The highest BCUT2D eigenvalue weighted by Crippen LogP contribution is 2.28. The SMILES string of the molecule is Cc1ccc2nc(-c3ccc(F)cc3)cc(C(=O)NC(c3ccccc3)c3ccccc3)c2c1. The van der Waals surface area contributed by atoms with E-state index in [0.717, 1.165) is 27.6 Å². The van der Waals surface area contributed by atoms with Crippen molar-refractivity contribution < 1.29 is 9.18 Å². The number of benzene rings is 4. The van der Waals surface area contributed by atoms with E-state index < -0.39 is 0 Å². The Morgan fingerprint density at radius 2 is 1.41 bits per heavy atom. The molecule has 0 aliphatic heterocycles. The van der Waals surface area contributed by atoms with Crippen LogP contribution in [0.3, 0.4) is 0 Å². The molecule has 4 heteroatoms. The molecule has 166 valence electrons. The summed E-state index contributed by atoms with van der Waals surface area (Å²) in [6.07, 6.45) is 0. The van der Waals surface area contributed by atoms with Crippen LogP contribution in [0.4, 0.5) is 4.39 Å². The third-order valence-corrected chi connectivity index (χ3v) is 5.89. The summed E-state index contributed by atoms with van der Waals surface area (Å²) in [6.45, 7) is 1.99. The molecule has 5 rings (SSSR count). The van der Waals surface area contributed by atoms with Gasteiger partial charge in [0.25, 0.3) is 5.91 Å². The van der Waals surface area contributed by atoms with Crippen LogP contribution >= 0.6 is 0 Å². The molecule has 0 saturated carbocycles. The normalized spacial score (nSPS) is 11.0. The van der Waals surface area contributed by atoms with Crippen LogP contribution in [0.15, 0.2) is 109 Å². The molecule has 0 bridgehead atoms. The molecule has 1 N–H and O–H groups in total. The lowest BCUT2D eigenvalue weighted by molar-refractivity contribution is 0.0944. The first-order valence-electron chi connectivity index (χ1n) is 11.2. The van der Waals surface area contributed by atoms with E-state index in [-0.39, 0.29) is 17.8 Å². The lowest BCUT2D eigenvalue weighted by Gasteiger charge is -2.21. The van der Waals surface area contributed by atoms with Crippen LogP contribution in [0.5, 0.6) is 0 Å². The maximum absolute atomic E-state index is 13.8. The Bertz CT molecular complexity index is 1410. The molecule has 34 heavy (non-hydrogen) atoms. The Kier molecular flexibility index (Phi) is 5.88. The summed E-state index contributed by atoms with van der Waals surface area (Å²) in [6, 6.07) is 33.3. The third kappa shape index (κ3) is 4.44. The first-order chi connectivity index (χ1) is 16.6. The second kappa shape index (κ2) is 9.28. The van der Waals surface area contributed by atoms with E-state index in [2.05, 4.69) is 5.32 Å². The van der Waals surface area contributed by atoms with E-state index in [4.69, 9.17) is 4.98 Å². The minimum absolute atomic E-state index is 0.195. The lowest BCUT2D eigenvalue weighted by atomic mass is 9.97. The van der Waals surface area contributed by atoms with Gasteiger partial charge in [-0.05, 0) is 60.5 Å². The van der Waals surface area contributed by atoms with Gasteiger partial charge < -0.3 is 5.32 Å². The summed E-state index contributed by atoms with van der Waals surface area (Å²) in [5, 5.41) is 4.02. The van der Waals surface area contributed by atoms with Gasteiger partial charge in [0, 0.05) is 10.9 Å². The molecule has 0 fully saturated rings. The van der Waals surface area contributed by atoms with Crippen molar-refractivity contribution in [3.8, 4) is 11.3 Å². The molecule has 0 spiro atoms. The molecule has 1 heterocycles. The Morgan fingerprint density at radius 3 is 2.03 bits per heavy atom. The number of nitrogens with one attached hydrogen (secondary N) is 1. The predicted molar refractivity (Wildman–Crippen MR) is 134 cm³/mol. The number of carbonyl (C=O) groups excluding carboxylic acids is 1. The topological polar surface area (TPSA) is 42.0 Å². The van der Waals surface area contributed by atoms with E-state index in [1.54, 1.807) is 18.2 Å². The van der Waals surface area contributed by atoms with Gasteiger partial charge in [-0.15, -0.1) is 0 Å². The average molecular weight is 447 g/mol. The van der Waals surface area contributed by atoms with Gasteiger partial charge in [0.05, 0.1) is 22.8 Å². The zero-order chi connectivity index (χ0) is 23.5. The van der Waals surface area contributed by atoms with E-state index in [9.17, 15) is 9.18 Å². The minimum Gasteiger partial charge on any atom is -0.341 e. The second-order valence-corrected chi connectivity index (χ2v) is 8.31. The summed E-state index contributed by atoms with van der Waals surface area (Å²) in [4.78, 5) is 18.5. The van der Waals surface area contributed by atoms with Crippen molar-refractivity contribution in [3.05, 3.63) is 137 Å². The highest BCUT2D eigenvalue weighted by molar-refractivity contribution is 6.07. The van der Waals surface area contributed by atoms with Crippen molar-refractivity contribution in [2.24, 2.45) is 0 Å². The summed E-state index contributed by atoms with van der Waals surface area (Å²) in [5.74, 6) is -0.509. The molecule has 3 nitrogen and oxygen atoms in total. The fourth-order valence-corrected chi connectivity index (χ4v) is 4.15. The van der Waals surface area contributed by atoms with E-state index >= 15 is 0 Å². The number of hydrogen-bond donors (Lipinski definition) is 1. The molecule has 1 aromatic heterocycles. The minimum atomic E-state index is -0.313. The standard InChI is InChI=1S/C30H23FN2O/c1-20-12-17-27-25(18-20)26(19-28(32-27)21-13-15-24(31)16-14-21)30(34)33-29(22-8-4-2-5-9-22)23-10-6-3-7-11-23/h2-19,29H,1H3,(H,33,34). The van der Waals surface area contributed by atoms with Crippen LogP contribution in [0.25, 0.3) is 22.2 Å². The summed E-state index contributed by atoms with van der Waals surface area (Å²) < 4.78 is 13.5. The fourth-order valence-electron chi connectivity index (χ4n) is 4.15. The first kappa shape index (κ1) is 21.5. The van der Waals surface area contributed by atoms with E-state index in [0.29, 0.717) is 16.8 Å². The quantitative estimate of drug-likeness (QED) is 0.320. The number of aromatic nitrogens is 1. The first-order valence-corrected chi connectivity index (χ1v) is 11.2. The molecule has 0 radical (unpaired) electrons.